The Kier molecular flexibility index (Phi) is 2.18. The van der Waals surface area contributed by atoms with Crippen LogP contribution < -0.4 is 4.90 Å². The minimum atomic E-state index is 0.421. The molecule has 94 valence electrons. The zero-order chi connectivity index (χ0) is 12.8. The fourth-order valence-corrected chi connectivity index (χ4v) is 3.13. The maximum absolute atomic E-state index is 3.56. The molecule has 2 heteroatoms. The van der Waals surface area contributed by atoms with Gasteiger partial charge in [-0.15, -0.1) is 0 Å². The number of benzene rings is 2. The summed E-state index contributed by atoms with van der Waals surface area (Å²) < 4.78 is 0. The Morgan fingerprint density at radius 2 is 1.84 bits per heavy atom. The molecule has 19 heavy (non-hydrogen) atoms. The zero-order valence-electron chi connectivity index (χ0n) is 10.9. The van der Waals surface area contributed by atoms with Crippen LogP contribution in [-0.2, 0) is 6.42 Å². The summed E-state index contributed by atoms with van der Waals surface area (Å²) >= 11 is 0. The predicted octanol–water partition coefficient (Wildman–Crippen LogP) is 3.90. The molecule has 2 nitrogen and oxygen atoms in total. The van der Waals surface area contributed by atoms with Gasteiger partial charge in [-0.25, -0.2) is 0 Å². The molecular weight excluding hydrogens is 232 g/mol. The van der Waals surface area contributed by atoms with Crippen molar-refractivity contribution in [2.75, 3.05) is 11.9 Å². The summed E-state index contributed by atoms with van der Waals surface area (Å²) in [5, 5.41) is 1.29. The van der Waals surface area contributed by atoms with Crippen LogP contribution in [0.2, 0.25) is 0 Å². The number of fused-ring (bicyclic) bond motifs is 2. The topological polar surface area (TPSA) is 19.0 Å². The monoisotopic (exact) mass is 248 g/mol. The van der Waals surface area contributed by atoms with Gasteiger partial charge < -0.3 is 9.88 Å². The summed E-state index contributed by atoms with van der Waals surface area (Å²) in [5.41, 5.74) is 5.32. The Bertz CT molecular complexity index is 709. The Hall–Kier alpha value is -2.22. The first-order chi connectivity index (χ1) is 9.33. The van der Waals surface area contributed by atoms with E-state index in [2.05, 4.69) is 71.5 Å². The van der Waals surface area contributed by atoms with Crippen molar-refractivity contribution in [3.05, 3.63) is 65.9 Å². The Balaban J connectivity index is 1.78. The highest BCUT2D eigenvalue weighted by atomic mass is 15.2. The zero-order valence-corrected chi connectivity index (χ0v) is 10.9. The third-order valence-electron chi connectivity index (χ3n) is 4.16. The minimum Gasteiger partial charge on any atom is -0.366 e. The van der Waals surface area contributed by atoms with Gasteiger partial charge in [0.1, 0.15) is 0 Å². The number of para-hydroxylation sites is 2. The highest BCUT2D eigenvalue weighted by Gasteiger charge is 2.28. The molecule has 1 unspecified atom stereocenters. The van der Waals surface area contributed by atoms with Gasteiger partial charge in [0.25, 0.3) is 0 Å². The molecular formula is C17H16N2. The van der Waals surface area contributed by atoms with E-state index in [0.717, 1.165) is 6.42 Å². The molecule has 0 bridgehead atoms. The first kappa shape index (κ1) is 10.7. The second kappa shape index (κ2) is 3.89. The first-order valence-corrected chi connectivity index (χ1v) is 6.71. The highest BCUT2D eigenvalue weighted by Crippen LogP contribution is 2.39. The second-order valence-electron chi connectivity index (χ2n) is 5.27. The maximum Gasteiger partial charge on any atom is 0.0729 e. The molecule has 0 saturated carbocycles. The third kappa shape index (κ3) is 1.56. The van der Waals surface area contributed by atoms with Gasteiger partial charge in [-0.2, -0.15) is 0 Å². The molecule has 0 amide bonds. The normalized spacial score (nSPS) is 17.9. The number of aromatic nitrogens is 1. The van der Waals surface area contributed by atoms with Gasteiger partial charge in [-0.3, -0.25) is 0 Å². The summed E-state index contributed by atoms with van der Waals surface area (Å²) in [6.45, 7) is 0. The van der Waals surface area contributed by atoms with Crippen LogP contribution in [-0.4, -0.2) is 12.0 Å². The molecule has 2 heterocycles. The minimum absolute atomic E-state index is 0.421. The molecule has 1 aromatic heterocycles. The summed E-state index contributed by atoms with van der Waals surface area (Å²) in [4.78, 5) is 5.94. The molecule has 1 aliphatic heterocycles. The van der Waals surface area contributed by atoms with Crippen molar-refractivity contribution in [1.82, 2.24) is 4.98 Å². The number of nitrogens with zero attached hydrogens (tertiary/aromatic N) is 1. The lowest BCUT2D eigenvalue weighted by atomic mass is 10.1. The summed E-state index contributed by atoms with van der Waals surface area (Å²) in [6, 6.07) is 19.9. The van der Waals surface area contributed by atoms with E-state index in [-0.39, 0.29) is 0 Å². The Morgan fingerprint density at radius 1 is 1.05 bits per heavy atom. The van der Waals surface area contributed by atoms with Crippen LogP contribution in [0.25, 0.3) is 10.9 Å². The van der Waals surface area contributed by atoms with Crippen molar-refractivity contribution in [2.45, 2.75) is 12.5 Å². The highest BCUT2D eigenvalue weighted by molar-refractivity contribution is 5.80. The molecule has 0 aliphatic carbocycles. The molecule has 2 aromatic carbocycles. The van der Waals surface area contributed by atoms with E-state index in [4.69, 9.17) is 0 Å². The van der Waals surface area contributed by atoms with Crippen LogP contribution in [0.5, 0.6) is 0 Å². The van der Waals surface area contributed by atoms with Gasteiger partial charge in [0.05, 0.1) is 6.04 Å². The van der Waals surface area contributed by atoms with Crippen molar-refractivity contribution >= 4 is 16.6 Å². The molecule has 0 fully saturated rings. The van der Waals surface area contributed by atoms with Gasteiger partial charge in [-0.05, 0) is 29.1 Å². The molecule has 1 atom stereocenters. The average molecular weight is 248 g/mol. The first-order valence-electron chi connectivity index (χ1n) is 6.71. The number of rotatable bonds is 1. The van der Waals surface area contributed by atoms with E-state index in [9.17, 15) is 0 Å². The molecule has 3 aromatic rings. The largest absolute Gasteiger partial charge is 0.366 e. The van der Waals surface area contributed by atoms with Gasteiger partial charge in [0, 0.05) is 30.4 Å². The molecule has 0 spiro atoms. The third-order valence-corrected chi connectivity index (χ3v) is 4.16. The van der Waals surface area contributed by atoms with E-state index in [1.54, 1.807) is 0 Å². The fraction of sp³-hybridized carbons (Fsp3) is 0.176. The van der Waals surface area contributed by atoms with E-state index < -0.39 is 0 Å². The second-order valence-corrected chi connectivity index (χ2v) is 5.27. The molecule has 0 saturated heterocycles. The molecule has 4 rings (SSSR count). The maximum atomic E-state index is 3.56. The van der Waals surface area contributed by atoms with E-state index >= 15 is 0 Å². The standard InChI is InChI=1S/C17H16N2/c1-19-16-9-5-3-7-13(16)11-17(19)15-10-12-6-2-4-8-14(12)18-15/h2-10,17-18H,11H2,1H3. The lowest BCUT2D eigenvalue weighted by Gasteiger charge is -2.21. The lowest BCUT2D eigenvalue weighted by molar-refractivity contribution is 0.699. The Morgan fingerprint density at radius 3 is 2.68 bits per heavy atom. The van der Waals surface area contributed by atoms with E-state index in [1.165, 1.54) is 27.8 Å². The van der Waals surface area contributed by atoms with Gasteiger partial charge in [0.2, 0.25) is 0 Å². The van der Waals surface area contributed by atoms with Crippen LogP contribution in [0.1, 0.15) is 17.3 Å². The summed E-state index contributed by atoms with van der Waals surface area (Å²) in [5.74, 6) is 0. The molecule has 1 aliphatic rings. The molecule has 1 N–H and O–H groups in total. The van der Waals surface area contributed by atoms with Crippen molar-refractivity contribution in [3.8, 4) is 0 Å². The summed E-state index contributed by atoms with van der Waals surface area (Å²) in [6.07, 6.45) is 1.08. The van der Waals surface area contributed by atoms with Gasteiger partial charge in [0.15, 0.2) is 0 Å². The fourth-order valence-electron chi connectivity index (χ4n) is 3.13. The number of H-pyrrole nitrogens is 1. The average Bonchev–Trinajstić information content (AvgIpc) is 3.00. The van der Waals surface area contributed by atoms with Crippen molar-refractivity contribution in [3.63, 3.8) is 0 Å². The van der Waals surface area contributed by atoms with Gasteiger partial charge in [-0.1, -0.05) is 36.4 Å². The number of hydrogen-bond donors (Lipinski definition) is 1. The van der Waals surface area contributed by atoms with Crippen molar-refractivity contribution < 1.29 is 0 Å². The number of hydrogen-bond acceptors (Lipinski definition) is 1. The predicted molar refractivity (Wildman–Crippen MR) is 79.6 cm³/mol. The van der Waals surface area contributed by atoms with Crippen LogP contribution in [0.4, 0.5) is 5.69 Å². The quantitative estimate of drug-likeness (QED) is 0.692. The Labute approximate surface area is 112 Å². The number of anilines is 1. The van der Waals surface area contributed by atoms with Crippen molar-refractivity contribution in [2.24, 2.45) is 0 Å². The van der Waals surface area contributed by atoms with Gasteiger partial charge >= 0.3 is 0 Å². The lowest BCUT2D eigenvalue weighted by Crippen LogP contribution is -2.19. The van der Waals surface area contributed by atoms with E-state index in [1.807, 2.05) is 0 Å². The van der Waals surface area contributed by atoms with Crippen molar-refractivity contribution in [1.29, 1.82) is 0 Å². The molecule has 0 radical (unpaired) electrons. The number of likely N-dealkylation sites (N-methyl/N-ethyl adjacent to an activating group) is 1. The SMILES string of the molecule is CN1c2ccccc2CC1c1cc2ccccc2[nH]1. The smallest absolute Gasteiger partial charge is 0.0729 e. The van der Waals surface area contributed by atoms with Crippen LogP contribution in [0.15, 0.2) is 54.6 Å². The van der Waals surface area contributed by atoms with Crippen LogP contribution in [0.3, 0.4) is 0 Å². The van der Waals surface area contributed by atoms with E-state index in [0.29, 0.717) is 6.04 Å². The van der Waals surface area contributed by atoms with Crippen LogP contribution in [0, 0.1) is 0 Å². The van der Waals surface area contributed by atoms with Crippen LogP contribution >= 0.6 is 0 Å². The number of nitrogens with one attached hydrogen (secondary N) is 1. The summed E-state index contributed by atoms with van der Waals surface area (Å²) in [7, 11) is 2.18. The number of aromatic amines is 1.